The zero-order chi connectivity index (χ0) is 35.3. The van der Waals surface area contributed by atoms with Gasteiger partial charge in [-0.25, -0.2) is 14.2 Å². The van der Waals surface area contributed by atoms with Gasteiger partial charge < -0.3 is 19.7 Å². The molecular weight excluding hydrogens is 664 g/mol. The number of aryl methyl sites for hydroxylation is 3. The number of anilines is 3. The number of piperazine rings is 1. The van der Waals surface area contributed by atoms with Crippen LogP contribution in [0.3, 0.4) is 0 Å². The van der Waals surface area contributed by atoms with Crippen molar-refractivity contribution >= 4 is 35.1 Å². The van der Waals surface area contributed by atoms with E-state index < -0.39 is 30.2 Å². The molecule has 2 heterocycles. The third-order valence-corrected chi connectivity index (χ3v) is 8.45. The van der Waals surface area contributed by atoms with Gasteiger partial charge in [-0.1, -0.05) is 29.3 Å². The van der Waals surface area contributed by atoms with Crippen LogP contribution in [0.1, 0.15) is 27.8 Å². The van der Waals surface area contributed by atoms with Crippen molar-refractivity contribution < 1.29 is 31.8 Å². The van der Waals surface area contributed by atoms with Gasteiger partial charge in [0.25, 0.3) is 0 Å². The van der Waals surface area contributed by atoms with Crippen LogP contribution in [0.5, 0.6) is 11.5 Å². The Labute approximate surface area is 287 Å². The Kier molecular flexibility index (Phi) is 11.3. The first-order valence-electron chi connectivity index (χ1n) is 15.6. The lowest BCUT2D eigenvalue weighted by Crippen LogP contribution is -2.45. The quantitative estimate of drug-likeness (QED) is 0.168. The number of hydrogen-bond acceptors (Lipinski definition) is 8. The maximum atomic E-state index is 15.0. The van der Waals surface area contributed by atoms with Gasteiger partial charge in [0, 0.05) is 55.7 Å². The maximum Gasteiger partial charge on any atom is 0.421 e. The van der Waals surface area contributed by atoms with Gasteiger partial charge in [0.15, 0.2) is 11.6 Å². The lowest BCUT2D eigenvalue weighted by molar-refractivity contribution is -0.137. The molecule has 5 rings (SSSR count). The number of halogens is 5. The molecule has 1 aliphatic rings. The average Bonchev–Trinajstić information content (AvgIpc) is 3.04. The smallest absolute Gasteiger partial charge is 0.421 e. The summed E-state index contributed by atoms with van der Waals surface area (Å²) < 4.78 is 67.2. The molecular formula is C35H37ClF4N6O3. The number of alkyl halides is 3. The minimum atomic E-state index is -4.63. The molecule has 14 heteroatoms. The van der Waals surface area contributed by atoms with E-state index in [1.54, 1.807) is 19.9 Å². The van der Waals surface area contributed by atoms with Crippen LogP contribution in [0.25, 0.3) is 0 Å². The number of benzene rings is 3. The second-order valence-corrected chi connectivity index (χ2v) is 12.4. The number of hydrogen-bond donors (Lipinski definition) is 1. The van der Waals surface area contributed by atoms with Crippen LogP contribution in [0.15, 0.2) is 60.8 Å². The number of carbonyl (C=O) groups is 1. The minimum Gasteiger partial charge on any atom is -0.489 e. The number of nitrogens with one attached hydrogen (secondary N) is 1. The van der Waals surface area contributed by atoms with Crippen molar-refractivity contribution in [2.24, 2.45) is 0 Å². The molecule has 0 aliphatic carbocycles. The van der Waals surface area contributed by atoms with Gasteiger partial charge in [-0.2, -0.15) is 18.2 Å². The third-order valence-electron chi connectivity index (χ3n) is 8.08. The second-order valence-electron chi connectivity index (χ2n) is 12.0. The third kappa shape index (κ3) is 9.37. The average molecular weight is 701 g/mol. The van der Waals surface area contributed by atoms with E-state index in [2.05, 4.69) is 32.1 Å². The lowest BCUT2D eigenvalue weighted by Gasteiger charge is -2.32. The summed E-state index contributed by atoms with van der Waals surface area (Å²) >= 11 is 6.31. The molecule has 4 aromatic rings. The van der Waals surface area contributed by atoms with Crippen LogP contribution in [-0.2, 0) is 12.7 Å². The van der Waals surface area contributed by atoms with E-state index in [1.165, 1.54) is 24.4 Å². The molecule has 49 heavy (non-hydrogen) atoms. The topological polar surface area (TPSA) is 83.1 Å². The normalized spacial score (nSPS) is 14.1. The van der Waals surface area contributed by atoms with Crippen molar-refractivity contribution in [2.45, 2.75) is 33.5 Å². The zero-order valence-corrected chi connectivity index (χ0v) is 28.3. The monoisotopic (exact) mass is 700 g/mol. The van der Waals surface area contributed by atoms with Crippen LogP contribution >= 0.6 is 11.6 Å². The molecule has 260 valence electrons. The van der Waals surface area contributed by atoms with Gasteiger partial charge in [0.2, 0.25) is 5.95 Å². The van der Waals surface area contributed by atoms with Gasteiger partial charge in [-0.05, 0) is 80.9 Å². The molecule has 1 aromatic heterocycles. The summed E-state index contributed by atoms with van der Waals surface area (Å²) in [5.41, 5.74) is 1.76. The van der Waals surface area contributed by atoms with Gasteiger partial charge in [0.05, 0.1) is 12.1 Å². The van der Waals surface area contributed by atoms with Crippen molar-refractivity contribution in [3.05, 3.63) is 99.5 Å². The van der Waals surface area contributed by atoms with Gasteiger partial charge in [-0.15, -0.1) is 0 Å². The molecule has 0 bridgehead atoms. The maximum absolute atomic E-state index is 15.0. The molecule has 1 fully saturated rings. The van der Waals surface area contributed by atoms with Crippen LogP contribution in [0.2, 0.25) is 5.02 Å². The number of ether oxygens (including phenoxy) is 2. The van der Waals surface area contributed by atoms with Crippen LogP contribution in [-0.4, -0.2) is 72.2 Å². The number of carbonyl (C=O) groups excluding carboxylic acids is 1. The predicted molar refractivity (Wildman–Crippen MR) is 180 cm³/mol. The molecule has 0 saturated carbocycles. The fourth-order valence-corrected chi connectivity index (χ4v) is 5.67. The molecule has 3 aromatic carbocycles. The van der Waals surface area contributed by atoms with E-state index in [4.69, 9.17) is 21.1 Å². The fourth-order valence-electron chi connectivity index (χ4n) is 5.49. The summed E-state index contributed by atoms with van der Waals surface area (Å²) in [6.07, 6.45) is -4.18. The molecule has 1 aliphatic heterocycles. The largest absolute Gasteiger partial charge is 0.489 e. The number of nitrogens with zero attached hydrogens (tertiary/aromatic N) is 5. The summed E-state index contributed by atoms with van der Waals surface area (Å²) in [4.78, 5) is 27.9. The molecule has 0 atom stereocenters. The summed E-state index contributed by atoms with van der Waals surface area (Å²) in [6.45, 7) is 9.89. The van der Waals surface area contributed by atoms with E-state index in [0.717, 1.165) is 54.8 Å². The van der Waals surface area contributed by atoms with Crippen molar-refractivity contribution in [3.63, 3.8) is 0 Å². The number of rotatable bonds is 10. The highest BCUT2D eigenvalue weighted by molar-refractivity contribution is 6.31. The van der Waals surface area contributed by atoms with Crippen molar-refractivity contribution in [3.8, 4) is 11.5 Å². The minimum absolute atomic E-state index is 0.00253. The molecule has 9 nitrogen and oxygen atoms in total. The van der Waals surface area contributed by atoms with Gasteiger partial charge in [-0.3, -0.25) is 9.80 Å². The van der Waals surface area contributed by atoms with Crippen LogP contribution in [0.4, 0.5) is 39.8 Å². The Morgan fingerprint density at radius 2 is 1.71 bits per heavy atom. The molecule has 0 radical (unpaired) electrons. The lowest BCUT2D eigenvalue weighted by atomic mass is 10.1. The second kappa shape index (κ2) is 15.4. The summed E-state index contributed by atoms with van der Waals surface area (Å²) in [6, 6.07) is 12.3. The SMILES string of the molecule is Cc1cc(C)c(OC(=O)N(Cc2cc(C(F)(F)F)ccc2Cl)c2ccnc(Nc3ccc(OCCN4CCN(C)CC4)c(F)c3)n2)c(C)c1. The predicted octanol–water partition coefficient (Wildman–Crippen LogP) is 7.79. The van der Waals surface area contributed by atoms with E-state index in [1.807, 2.05) is 19.1 Å². The van der Waals surface area contributed by atoms with Crippen LogP contribution < -0.4 is 19.7 Å². The molecule has 1 amide bonds. The van der Waals surface area contributed by atoms with Crippen LogP contribution in [0, 0.1) is 26.6 Å². The Bertz CT molecular complexity index is 1780. The molecule has 0 spiro atoms. The summed E-state index contributed by atoms with van der Waals surface area (Å²) in [5, 5.41) is 2.93. The number of amides is 1. The summed E-state index contributed by atoms with van der Waals surface area (Å²) in [5.74, 6) is -0.181. The highest BCUT2D eigenvalue weighted by atomic mass is 35.5. The van der Waals surface area contributed by atoms with Gasteiger partial charge in [0.1, 0.15) is 18.2 Å². The summed E-state index contributed by atoms with van der Waals surface area (Å²) in [7, 11) is 2.08. The zero-order valence-electron chi connectivity index (χ0n) is 27.6. The van der Waals surface area contributed by atoms with E-state index >= 15 is 0 Å². The van der Waals surface area contributed by atoms with Crippen molar-refractivity contribution in [1.82, 2.24) is 19.8 Å². The first-order chi connectivity index (χ1) is 23.3. The Hall–Kier alpha value is -4.46. The highest BCUT2D eigenvalue weighted by Gasteiger charge is 2.32. The van der Waals surface area contributed by atoms with E-state index in [0.29, 0.717) is 35.7 Å². The van der Waals surface area contributed by atoms with Crippen molar-refractivity contribution in [1.29, 1.82) is 0 Å². The number of aromatic nitrogens is 2. The van der Waals surface area contributed by atoms with Crippen molar-refractivity contribution in [2.75, 3.05) is 56.6 Å². The molecule has 0 unspecified atom stereocenters. The standard InChI is InChI=1S/C35H37ClF4N6O3/c1-22-17-23(2)32(24(3)18-22)49-34(47)46(21-25-19-26(35(38,39)40)5-7-28(25)36)31-9-10-41-33(43-31)42-27-6-8-30(29(37)20-27)48-16-15-45-13-11-44(4)12-14-45/h5-10,17-20H,11-16,21H2,1-4H3,(H,41,42,43). The first-order valence-corrected chi connectivity index (χ1v) is 16.0. The highest BCUT2D eigenvalue weighted by Crippen LogP contribution is 2.33. The molecule has 1 N–H and O–H groups in total. The number of likely N-dealkylation sites (N-methyl/N-ethyl adjacent to an activating group) is 1. The van der Waals surface area contributed by atoms with E-state index in [-0.39, 0.29) is 28.1 Å². The van der Waals surface area contributed by atoms with Gasteiger partial charge >= 0.3 is 12.3 Å². The Morgan fingerprint density at radius 1 is 1.00 bits per heavy atom. The first kappa shape index (κ1) is 35.8. The Morgan fingerprint density at radius 3 is 2.39 bits per heavy atom. The molecule has 1 saturated heterocycles. The Balaban J connectivity index is 1.36. The van der Waals surface area contributed by atoms with E-state index in [9.17, 15) is 22.4 Å². The fraction of sp³-hybridized carbons (Fsp3) is 0.343.